The third kappa shape index (κ3) is 2.93. The lowest BCUT2D eigenvalue weighted by atomic mass is 9.69. The van der Waals surface area contributed by atoms with Gasteiger partial charge in [-0.25, -0.2) is 0 Å². The van der Waals surface area contributed by atoms with Gasteiger partial charge in [-0.2, -0.15) is 0 Å². The zero-order valence-electron chi connectivity index (χ0n) is 11.4. The van der Waals surface area contributed by atoms with E-state index in [-0.39, 0.29) is 11.5 Å². The van der Waals surface area contributed by atoms with Gasteiger partial charge in [0.1, 0.15) is 0 Å². The Morgan fingerprint density at radius 3 is 2.33 bits per heavy atom. The largest absolute Gasteiger partial charge is 0.271 e. The lowest BCUT2D eigenvalue weighted by molar-refractivity contribution is 0.261. The highest BCUT2D eigenvalue weighted by atomic mass is 15.2. The van der Waals surface area contributed by atoms with Crippen LogP contribution in [-0.2, 0) is 5.41 Å². The Morgan fingerprint density at radius 2 is 1.89 bits per heavy atom. The first kappa shape index (κ1) is 14.8. The second kappa shape index (κ2) is 7.20. The van der Waals surface area contributed by atoms with Gasteiger partial charge in [0.05, 0.1) is 0 Å². The van der Waals surface area contributed by atoms with Gasteiger partial charge in [-0.05, 0) is 24.8 Å². The van der Waals surface area contributed by atoms with Crippen LogP contribution in [0.15, 0.2) is 30.3 Å². The van der Waals surface area contributed by atoms with Crippen molar-refractivity contribution in [2.24, 2.45) is 5.84 Å². The highest BCUT2D eigenvalue weighted by molar-refractivity contribution is 5.27. The topological polar surface area (TPSA) is 38.0 Å². The second-order valence-electron chi connectivity index (χ2n) is 4.69. The fourth-order valence-electron chi connectivity index (χ4n) is 2.87. The van der Waals surface area contributed by atoms with Crippen molar-refractivity contribution in [3.63, 3.8) is 0 Å². The van der Waals surface area contributed by atoms with Crippen molar-refractivity contribution < 1.29 is 0 Å². The first-order valence-electron chi connectivity index (χ1n) is 6.70. The molecule has 98 valence electrons. The quantitative estimate of drug-likeness (QED) is 0.439. The van der Waals surface area contributed by atoms with Gasteiger partial charge in [0, 0.05) is 17.9 Å². The SMILES string of the molecule is C#CCCC(NN)C(CC)(CC)c1ccccc1. The van der Waals surface area contributed by atoms with E-state index in [1.54, 1.807) is 0 Å². The van der Waals surface area contributed by atoms with Crippen LogP contribution >= 0.6 is 0 Å². The minimum Gasteiger partial charge on any atom is -0.271 e. The average molecular weight is 244 g/mol. The van der Waals surface area contributed by atoms with Gasteiger partial charge in [-0.1, -0.05) is 44.2 Å². The van der Waals surface area contributed by atoms with Gasteiger partial charge in [-0.15, -0.1) is 12.3 Å². The second-order valence-corrected chi connectivity index (χ2v) is 4.69. The third-order valence-electron chi connectivity index (χ3n) is 4.06. The summed E-state index contributed by atoms with van der Waals surface area (Å²) in [5.41, 5.74) is 4.39. The number of terminal acetylenes is 1. The normalized spacial score (nSPS) is 13.0. The molecule has 0 aliphatic carbocycles. The van der Waals surface area contributed by atoms with Gasteiger partial charge in [0.25, 0.3) is 0 Å². The molecule has 0 fully saturated rings. The monoisotopic (exact) mass is 244 g/mol. The summed E-state index contributed by atoms with van der Waals surface area (Å²) in [6.45, 7) is 4.44. The zero-order chi connectivity index (χ0) is 13.4. The van der Waals surface area contributed by atoms with Crippen molar-refractivity contribution in [1.29, 1.82) is 0 Å². The molecular weight excluding hydrogens is 220 g/mol. The summed E-state index contributed by atoms with van der Waals surface area (Å²) in [5.74, 6) is 8.48. The van der Waals surface area contributed by atoms with Crippen LogP contribution < -0.4 is 11.3 Å². The molecule has 0 heterocycles. The molecule has 0 aromatic heterocycles. The Kier molecular flexibility index (Phi) is 5.91. The van der Waals surface area contributed by atoms with Gasteiger partial charge >= 0.3 is 0 Å². The van der Waals surface area contributed by atoms with E-state index < -0.39 is 0 Å². The fourth-order valence-corrected chi connectivity index (χ4v) is 2.87. The molecule has 0 spiro atoms. The summed E-state index contributed by atoms with van der Waals surface area (Å²) < 4.78 is 0. The predicted molar refractivity (Wildman–Crippen MR) is 77.9 cm³/mol. The molecule has 3 N–H and O–H groups in total. The molecule has 1 rings (SSSR count). The number of hydrogen-bond donors (Lipinski definition) is 2. The standard InChI is InChI=1S/C16H24N2/c1-4-7-13-15(18-17)16(5-2,6-3)14-11-9-8-10-12-14/h1,8-12,15,18H,5-7,13,17H2,2-3H3. The Balaban J connectivity index is 3.09. The summed E-state index contributed by atoms with van der Waals surface area (Å²) in [4.78, 5) is 0. The summed E-state index contributed by atoms with van der Waals surface area (Å²) in [5, 5.41) is 0. The minimum absolute atomic E-state index is 0.0624. The minimum atomic E-state index is 0.0624. The van der Waals surface area contributed by atoms with Gasteiger partial charge in [0.2, 0.25) is 0 Å². The highest BCUT2D eigenvalue weighted by Gasteiger charge is 2.36. The van der Waals surface area contributed by atoms with Crippen LogP contribution in [0.4, 0.5) is 0 Å². The molecule has 1 unspecified atom stereocenters. The lowest BCUT2D eigenvalue weighted by Crippen LogP contribution is -2.50. The van der Waals surface area contributed by atoms with Crippen molar-refractivity contribution in [3.8, 4) is 12.3 Å². The van der Waals surface area contributed by atoms with Crippen molar-refractivity contribution in [2.75, 3.05) is 0 Å². The fraction of sp³-hybridized carbons (Fsp3) is 0.500. The Morgan fingerprint density at radius 1 is 1.28 bits per heavy atom. The maximum absolute atomic E-state index is 5.77. The number of nitrogens with one attached hydrogen (secondary N) is 1. The predicted octanol–water partition coefficient (Wildman–Crippen LogP) is 2.99. The van der Waals surface area contributed by atoms with Gasteiger partial charge in [0.15, 0.2) is 0 Å². The van der Waals surface area contributed by atoms with E-state index in [0.717, 1.165) is 25.7 Å². The first-order valence-corrected chi connectivity index (χ1v) is 6.70. The summed E-state index contributed by atoms with van der Waals surface area (Å²) in [6, 6.07) is 10.8. The molecule has 0 aliphatic rings. The molecule has 0 amide bonds. The lowest BCUT2D eigenvalue weighted by Gasteiger charge is -2.40. The highest BCUT2D eigenvalue weighted by Crippen LogP contribution is 2.36. The molecule has 0 saturated carbocycles. The smallest absolute Gasteiger partial charge is 0.0316 e. The number of hydrogen-bond acceptors (Lipinski definition) is 2. The van der Waals surface area contributed by atoms with Crippen LogP contribution in [0, 0.1) is 12.3 Å². The van der Waals surface area contributed by atoms with Crippen LogP contribution in [0.3, 0.4) is 0 Å². The Labute approximate surface area is 111 Å². The summed E-state index contributed by atoms with van der Waals surface area (Å²) in [6.07, 6.45) is 9.13. The van der Waals surface area contributed by atoms with Crippen molar-refractivity contribution >= 4 is 0 Å². The van der Waals surface area contributed by atoms with Crippen LogP contribution in [0.2, 0.25) is 0 Å². The number of nitrogens with two attached hydrogens (primary N) is 1. The third-order valence-corrected chi connectivity index (χ3v) is 4.06. The average Bonchev–Trinajstić information content (AvgIpc) is 2.45. The number of hydrazine groups is 1. The van der Waals surface area contributed by atoms with Crippen LogP contribution in [0.1, 0.15) is 45.1 Å². The number of rotatable bonds is 7. The molecule has 0 bridgehead atoms. The molecule has 2 heteroatoms. The molecule has 2 nitrogen and oxygen atoms in total. The van der Waals surface area contributed by atoms with E-state index >= 15 is 0 Å². The van der Waals surface area contributed by atoms with Gasteiger partial charge < -0.3 is 0 Å². The Bertz CT molecular complexity index is 374. The first-order chi connectivity index (χ1) is 8.75. The molecule has 0 saturated heterocycles. The molecular formula is C16H24N2. The van der Waals surface area contributed by atoms with E-state index in [2.05, 4.69) is 49.5 Å². The molecule has 0 radical (unpaired) electrons. The van der Waals surface area contributed by atoms with E-state index in [1.165, 1.54) is 5.56 Å². The number of benzene rings is 1. The summed E-state index contributed by atoms with van der Waals surface area (Å²) >= 11 is 0. The molecule has 1 aromatic rings. The van der Waals surface area contributed by atoms with E-state index in [0.29, 0.717) is 0 Å². The maximum atomic E-state index is 5.77. The zero-order valence-corrected chi connectivity index (χ0v) is 11.4. The summed E-state index contributed by atoms with van der Waals surface area (Å²) in [7, 11) is 0. The van der Waals surface area contributed by atoms with Gasteiger partial charge in [-0.3, -0.25) is 11.3 Å². The maximum Gasteiger partial charge on any atom is 0.0316 e. The van der Waals surface area contributed by atoms with Crippen molar-refractivity contribution in [1.82, 2.24) is 5.43 Å². The molecule has 1 atom stereocenters. The van der Waals surface area contributed by atoms with Crippen LogP contribution in [0.5, 0.6) is 0 Å². The van der Waals surface area contributed by atoms with E-state index in [4.69, 9.17) is 12.3 Å². The molecule has 0 aliphatic heterocycles. The van der Waals surface area contributed by atoms with Crippen molar-refractivity contribution in [3.05, 3.63) is 35.9 Å². The molecule has 1 aromatic carbocycles. The van der Waals surface area contributed by atoms with E-state index in [9.17, 15) is 0 Å². The molecule has 18 heavy (non-hydrogen) atoms. The van der Waals surface area contributed by atoms with Crippen molar-refractivity contribution in [2.45, 2.75) is 51.0 Å². The van der Waals surface area contributed by atoms with Crippen LogP contribution in [-0.4, -0.2) is 6.04 Å². The Hall–Kier alpha value is -1.30. The van der Waals surface area contributed by atoms with Crippen LogP contribution in [0.25, 0.3) is 0 Å². The van der Waals surface area contributed by atoms with E-state index in [1.807, 2.05) is 6.07 Å².